The van der Waals surface area contributed by atoms with Crippen LogP contribution < -0.4 is 0 Å². The van der Waals surface area contributed by atoms with Crippen molar-refractivity contribution < 1.29 is 14.5 Å². The van der Waals surface area contributed by atoms with Crippen molar-refractivity contribution in [1.82, 2.24) is 0 Å². The lowest BCUT2D eigenvalue weighted by molar-refractivity contribution is -0.385. The van der Waals surface area contributed by atoms with Gasteiger partial charge in [0.1, 0.15) is 5.56 Å². The number of rotatable bonds is 3. The second kappa shape index (κ2) is 4.95. The Hall–Kier alpha value is -1.91. The molecule has 5 heteroatoms. The first-order chi connectivity index (χ1) is 7.81. The van der Waals surface area contributed by atoms with Crippen LogP contribution in [0.25, 0.3) is 0 Å². The molecule has 92 valence electrons. The normalized spacial score (nSPS) is 11.0. The van der Waals surface area contributed by atoms with Crippen molar-refractivity contribution in [2.75, 3.05) is 6.61 Å². The number of nitrogens with zero attached hydrogens (tertiary/aromatic N) is 1. The van der Waals surface area contributed by atoms with Crippen LogP contribution in [0.15, 0.2) is 24.3 Å². The molecule has 0 saturated carbocycles. The summed E-state index contributed by atoms with van der Waals surface area (Å²) in [5.41, 5.74) is -0.410. The van der Waals surface area contributed by atoms with Gasteiger partial charge in [-0.2, -0.15) is 0 Å². The van der Waals surface area contributed by atoms with Crippen molar-refractivity contribution in [2.24, 2.45) is 5.41 Å². The van der Waals surface area contributed by atoms with Crippen molar-refractivity contribution in [3.63, 3.8) is 0 Å². The first-order valence-electron chi connectivity index (χ1n) is 5.22. The number of carbonyl (C=O) groups is 1. The quantitative estimate of drug-likeness (QED) is 0.460. The maximum atomic E-state index is 11.7. The van der Waals surface area contributed by atoms with E-state index in [0.717, 1.165) is 0 Å². The van der Waals surface area contributed by atoms with Crippen LogP contribution in [0.3, 0.4) is 0 Å². The van der Waals surface area contributed by atoms with Crippen LogP contribution in [-0.4, -0.2) is 17.5 Å². The van der Waals surface area contributed by atoms with E-state index in [2.05, 4.69) is 0 Å². The Balaban J connectivity index is 2.86. The predicted octanol–water partition coefficient (Wildman–Crippen LogP) is 2.80. The second-order valence-electron chi connectivity index (χ2n) is 4.91. The zero-order valence-electron chi connectivity index (χ0n) is 10.1. The van der Waals surface area contributed by atoms with Crippen LogP contribution in [0.4, 0.5) is 5.69 Å². The maximum Gasteiger partial charge on any atom is 0.345 e. The summed E-state index contributed by atoms with van der Waals surface area (Å²) in [7, 11) is 0. The van der Waals surface area contributed by atoms with Gasteiger partial charge in [-0.15, -0.1) is 0 Å². The summed E-state index contributed by atoms with van der Waals surface area (Å²) in [4.78, 5) is 21.8. The molecule has 0 aromatic heterocycles. The largest absolute Gasteiger partial charge is 0.461 e. The highest BCUT2D eigenvalue weighted by Gasteiger charge is 2.22. The van der Waals surface area contributed by atoms with Crippen LogP contribution in [0.1, 0.15) is 31.1 Å². The molecule has 5 nitrogen and oxygen atoms in total. The van der Waals surface area contributed by atoms with E-state index in [0.29, 0.717) is 0 Å². The number of ether oxygens (including phenoxy) is 1. The average Bonchev–Trinajstić information content (AvgIpc) is 2.25. The van der Waals surface area contributed by atoms with Gasteiger partial charge in [0, 0.05) is 6.07 Å². The van der Waals surface area contributed by atoms with E-state index in [1.807, 2.05) is 20.8 Å². The summed E-state index contributed by atoms with van der Waals surface area (Å²) < 4.78 is 5.04. The zero-order valence-corrected chi connectivity index (χ0v) is 10.1. The Morgan fingerprint density at radius 1 is 1.35 bits per heavy atom. The van der Waals surface area contributed by atoms with E-state index in [4.69, 9.17) is 4.74 Å². The molecule has 0 saturated heterocycles. The van der Waals surface area contributed by atoms with E-state index >= 15 is 0 Å². The molecule has 1 aromatic carbocycles. The van der Waals surface area contributed by atoms with Gasteiger partial charge >= 0.3 is 5.97 Å². The number of carbonyl (C=O) groups excluding carboxylic acids is 1. The molecule has 0 spiro atoms. The van der Waals surface area contributed by atoms with Gasteiger partial charge in [0.15, 0.2) is 0 Å². The number of hydrogen-bond acceptors (Lipinski definition) is 4. The van der Waals surface area contributed by atoms with Crippen molar-refractivity contribution in [3.05, 3.63) is 39.9 Å². The molecular weight excluding hydrogens is 222 g/mol. The minimum Gasteiger partial charge on any atom is -0.461 e. The number of nitro benzene ring substituents is 1. The lowest BCUT2D eigenvalue weighted by Crippen LogP contribution is -2.19. The molecule has 0 bridgehead atoms. The summed E-state index contributed by atoms with van der Waals surface area (Å²) in [6.07, 6.45) is 0. The van der Waals surface area contributed by atoms with Gasteiger partial charge in [0.05, 0.1) is 11.5 Å². The SMILES string of the molecule is CC(C)(C)COC(=O)c1ccccc1[N+](=O)[O-]. The topological polar surface area (TPSA) is 69.4 Å². The van der Waals surface area contributed by atoms with E-state index in [9.17, 15) is 14.9 Å². The number of nitro groups is 1. The maximum absolute atomic E-state index is 11.7. The van der Waals surface area contributed by atoms with Crippen LogP contribution in [0, 0.1) is 15.5 Å². The van der Waals surface area contributed by atoms with Gasteiger partial charge in [0.2, 0.25) is 0 Å². The molecule has 0 atom stereocenters. The lowest BCUT2D eigenvalue weighted by Gasteiger charge is -2.17. The van der Waals surface area contributed by atoms with Crippen LogP contribution in [0.2, 0.25) is 0 Å². The fourth-order valence-electron chi connectivity index (χ4n) is 1.17. The minimum absolute atomic E-state index is 0.0123. The zero-order chi connectivity index (χ0) is 13.1. The van der Waals surface area contributed by atoms with Crippen LogP contribution >= 0.6 is 0 Å². The molecule has 0 unspecified atom stereocenters. The number of para-hydroxylation sites is 1. The minimum atomic E-state index is -0.660. The van der Waals surface area contributed by atoms with Crippen LogP contribution in [-0.2, 0) is 4.74 Å². The van der Waals surface area contributed by atoms with Crippen molar-refractivity contribution in [3.8, 4) is 0 Å². The molecule has 0 aliphatic carbocycles. The smallest absolute Gasteiger partial charge is 0.345 e. The number of hydrogen-bond donors (Lipinski definition) is 0. The van der Waals surface area contributed by atoms with Crippen molar-refractivity contribution >= 4 is 11.7 Å². The van der Waals surface area contributed by atoms with E-state index in [-0.39, 0.29) is 23.3 Å². The molecule has 0 radical (unpaired) electrons. The number of esters is 1. The highest BCUT2D eigenvalue weighted by atomic mass is 16.6. The highest BCUT2D eigenvalue weighted by molar-refractivity contribution is 5.93. The molecule has 1 rings (SSSR count). The van der Waals surface area contributed by atoms with E-state index < -0.39 is 10.9 Å². The third-order valence-corrected chi connectivity index (χ3v) is 1.96. The molecule has 17 heavy (non-hydrogen) atoms. The van der Waals surface area contributed by atoms with Gasteiger partial charge in [-0.1, -0.05) is 32.9 Å². The molecule has 0 aliphatic heterocycles. The van der Waals surface area contributed by atoms with Gasteiger partial charge < -0.3 is 4.74 Å². The number of benzene rings is 1. The van der Waals surface area contributed by atoms with Crippen molar-refractivity contribution in [1.29, 1.82) is 0 Å². The summed E-state index contributed by atoms with van der Waals surface area (Å²) in [6.45, 7) is 5.97. The summed E-state index contributed by atoms with van der Waals surface area (Å²) in [5.74, 6) is -0.660. The standard InChI is InChI=1S/C12H15NO4/c1-12(2,3)8-17-11(14)9-6-4-5-7-10(9)13(15)16/h4-7H,8H2,1-3H3. The second-order valence-corrected chi connectivity index (χ2v) is 4.91. The third kappa shape index (κ3) is 3.86. The Morgan fingerprint density at radius 3 is 2.47 bits per heavy atom. The van der Waals surface area contributed by atoms with E-state index in [1.165, 1.54) is 18.2 Å². The van der Waals surface area contributed by atoms with E-state index in [1.54, 1.807) is 6.07 Å². The molecule has 0 N–H and O–H groups in total. The Kier molecular flexibility index (Phi) is 3.83. The molecule has 0 heterocycles. The molecule has 0 fully saturated rings. The van der Waals surface area contributed by atoms with Gasteiger partial charge in [0.25, 0.3) is 5.69 Å². The molecule has 1 aromatic rings. The summed E-state index contributed by atoms with van der Waals surface area (Å²) in [6, 6.07) is 5.76. The average molecular weight is 237 g/mol. The Bertz CT molecular complexity index is 434. The summed E-state index contributed by atoms with van der Waals surface area (Å²) in [5, 5.41) is 10.7. The molecule has 0 amide bonds. The van der Waals surface area contributed by atoms with Gasteiger partial charge in [-0.05, 0) is 11.5 Å². The highest BCUT2D eigenvalue weighted by Crippen LogP contribution is 2.20. The lowest BCUT2D eigenvalue weighted by atomic mass is 9.99. The molecule has 0 aliphatic rings. The third-order valence-electron chi connectivity index (χ3n) is 1.96. The molecular formula is C12H15NO4. The van der Waals surface area contributed by atoms with Crippen LogP contribution in [0.5, 0.6) is 0 Å². The Morgan fingerprint density at radius 2 is 1.94 bits per heavy atom. The summed E-state index contributed by atoms with van der Waals surface area (Å²) >= 11 is 0. The Labute approximate surface area is 99.5 Å². The first kappa shape index (κ1) is 13.2. The monoisotopic (exact) mass is 237 g/mol. The van der Waals surface area contributed by atoms with Gasteiger partial charge in [-0.25, -0.2) is 4.79 Å². The first-order valence-corrected chi connectivity index (χ1v) is 5.22. The van der Waals surface area contributed by atoms with Crippen molar-refractivity contribution in [2.45, 2.75) is 20.8 Å². The fourth-order valence-corrected chi connectivity index (χ4v) is 1.17. The fraction of sp³-hybridized carbons (Fsp3) is 0.417. The van der Waals surface area contributed by atoms with Gasteiger partial charge in [-0.3, -0.25) is 10.1 Å². The predicted molar refractivity (Wildman–Crippen MR) is 62.8 cm³/mol.